The zero-order chi connectivity index (χ0) is 21.3. The molecule has 30 heavy (non-hydrogen) atoms. The molecular formula is C21H26N4O4S. The van der Waals surface area contributed by atoms with Crippen LogP contribution in [0.1, 0.15) is 47.9 Å². The zero-order valence-electron chi connectivity index (χ0n) is 17.0. The van der Waals surface area contributed by atoms with E-state index in [0.29, 0.717) is 36.5 Å². The highest BCUT2D eigenvalue weighted by Gasteiger charge is 2.32. The van der Waals surface area contributed by atoms with Crippen LogP contribution in [0.3, 0.4) is 0 Å². The Morgan fingerprint density at radius 2 is 1.97 bits per heavy atom. The third-order valence-electron chi connectivity index (χ3n) is 5.86. The summed E-state index contributed by atoms with van der Waals surface area (Å²) >= 11 is 0. The zero-order valence-corrected chi connectivity index (χ0v) is 17.8. The molecule has 0 radical (unpaired) electrons. The lowest BCUT2D eigenvalue weighted by atomic mass is 9.99. The Labute approximate surface area is 176 Å². The monoisotopic (exact) mass is 430 g/mol. The van der Waals surface area contributed by atoms with Gasteiger partial charge >= 0.3 is 0 Å². The molecule has 9 heteroatoms. The first-order valence-electron chi connectivity index (χ1n) is 10.2. The Morgan fingerprint density at radius 1 is 1.20 bits per heavy atom. The number of H-pyrrole nitrogens is 1. The molecule has 160 valence electrons. The maximum Gasteiger partial charge on any atom is 0.254 e. The minimum Gasteiger partial charge on any atom is -0.332 e. The molecule has 0 saturated carbocycles. The number of likely N-dealkylation sites (tertiary alicyclic amines) is 1. The van der Waals surface area contributed by atoms with E-state index >= 15 is 0 Å². The summed E-state index contributed by atoms with van der Waals surface area (Å²) in [7, 11) is -3.36. The number of nitrogens with zero attached hydrogens (tertiary/aromatic N) is 3. The fourth-order valence-corrected chi connectivity index (χ4v) is 5.04. The van der Waals surface area contributed by atoms with E-state index in [4.69, 9.17) is 0 Å². The van der Waals surface area contributed by atoms with Crippen LogP contribution in [0, 0.1) is 0 Å². The molecule has 2 aromatic rings. The second-order valence-corrected chi connectivity index (χ2v) is 9.97. The number of benzene rings is 1. The van der Waals surface area contributed by atoms with Crippen molar-refractivity contribution in [2.24, 2.45) is 0 Å². The Hall–Kier alpha value is -2.52. The van der Waals surface area contributed by atoms with Gasteiger partial charge in [0.25, 0.3) is 5.56 Å². The first-order chi connectivity index (χ1) is 14.3. The van der Waals surface area contributed by atoms with Crippen LogP contribution in [0.4, 0.5) is 0 Å². The first kappa shape index (κ1) is 20.7. The number of piperidine rings is 1. The summed E-state index contributed by atoms with van der Waals surface area (Å²) in [6, 6.07) is 9.28. The molecule has 8 nitrogen and oxygen atoms in total. The maximum absolute atomic E-state index is 13.0. The van der Waals surface area contributed by atoms with Crippen molar-refractivity contribution in [3.8, 4) is 0 Å². The summed E-state index contributed by atoms with van der Waals surface area (Å²) in [5.41, 5.74) is 1.75. The number of aromatic nitrogens is 2. The highest BCUT2D eigenvalue weighted by molar-refractivity contribution is 7.88. The molecule has 0 bridgehead atoms. The number of aromatic amines is 1. The van der Waals surface area contributed by atoms with E-state index in [1.165, 1.54) is 4.31 Å². The first-order valence-corrected chi connectivity index (χ1v) is 12.1. The van der Waals surface area contributed by atoms with Crippen molar-refractivity contribution in [1.82, 2.24) is 19.2 Å². The normalized spacial score (nSPS) is 20.0. The molecule has 0 aliphatic carbocycles. The number of hydrogen-bond acceptors (Lipinski definition) is 5. The molecule has 0 spiro atoms. The van der Waals surface area contributed by atoms with Crippen LogP contribution in [0.15, 0.2) is 35.1 Å². The van der Waals surface area contributed by atoms with Crippen molar-refractivity contribution in [3.63, 3.8) is 0 Å². The lowest BCUT2D eigenvalue weighted by Crippen LogP contribution is -2.42. The van der Waals surface area contributed by atoms with Crippen molar-refractivity contribution in [2.75, 3.05) is 19.3 Å². The summed E-state index contributed by atoms with van der Waals surface area (Å²) < 4.78 is 25.2. The number of fused-ring (bicyclic) bond motifs is 1. The third-order valence-corrected chi connectivity index (χ3v) is 7.11. The van der Waals surface area contributed by atoms with Gasteiger partial charge in [-0.2, -0.15) is 4.31 Å². The van der Waals surface area contributed by atoms with E-state index in [-0.39, 0.29) is 30.6 Å². The number of hydrogen-bond donors (Lipinski definition) is 1. The minimum atomic E-state index is -3.36. The van der Waals surface area contributed by atoms with Gasteiger partial charge in [0.1, 0.15) is 5.82 Å². The topological polar surface area (TPSA) is 103 Å². The summed E-state index contributed by atoms with van der Waals surface area (Å²) in [6.45, 7) is 0.990. The molecule has 2 aliphatic rings. The molecule has 4 rings (SSSR count). The van der Waals surface area contributed by atoms with E-state index < -0.39 is 10.0 Å². The summed E-state index contributed by atoms with van der Waals surface area (Å²) in [4.78, 5) is 35.0. The van der Waals surface area contributed by atoms with Crippen LogP contribution in [-0.2, 0) is 34.2 Å². The van der Waals surface area contributed by atoms with Gasteiger partial charge < -0.3 is 9.88 Å². The smallest absolute Gasteiger partial charge is 0.254 e. The second kappa shape index (κ2) is 8.31. The Kier molecular flexibility index (Phi) is 5.75. The van der Waals surface area contributed by atoms with Crippen molar-refractivity contribution in [2.45, 2.75) is 44.7 Å². The highest BCUT2D eigenvalue weighted by atomic mass is 32.2. The van der Waals surface area contributed by atoms with Crippen LogP contribution in [-0.4, -0.2) is 52.8 Å². The highest BCUT2D eigenvalue weighted by Crippen LogP contribution is 2.30. The van der Waals surface area contributed by atoms with Crippen LogP contribution in [0.25, 0.3) is 0 Å². The lowest BCUT2D eigenvalue weighted by Gasteiger charge is -2.36. The quantitative estimate of drug-likeness (QED) is 0.789. The molecule has 1 aromatic carbocycles. The van der Waals surface area contributed by atoms with Crippen LogP contribution in [0.2, 0.25) is 0 Å². The van der Waals surface area contributed by atoms with Crippen LogP contribution < -0.4 is 5.56 Å². The van der Waals surface area contributed by atoms with Gasteiger partial charge in [-0.15, -0.1) is 0 Å². The third kappa shape index (κ3) is 4.32. The molecule has 0 unspecified atom stereocenters. The summed E-state index contributed by atoms with van der Waals surface area (Å²) in [5, 5.41) is 0. The molecule has 1 aromatic heterocycles. The van der Waals surface area contributed by atoms with E-state index in [9.17, 15) is 18.0 Å². The van der Waals surface area contributed by atoms with Gasteiger partial charge in [-0.05, 0) is 31.2 Å². The van der Waals surface area contributed by atoms with Crippen molar-refractivity contribution in [3.05, 3.63) is 63.3 Å². The second-order valence-electron chi connectivity index (χ2n) is 7.98. The van der Waals surface area contributed by atoms with Crippen LogP contribution in [0.5, 0.6) is 0 Å². The van der Waals surface area contributed by atoms with E-state index in [2.05, 4.69) is 9.97 Å². The van der Waals surface area contributed by atoms with E-state index in [1.54, 1.807) is 4.90 Å². The number of rotatable bonds is 4. The molecule has 3 heterocycles. The minimum absolute atomic E-state index is 0.00373. The molecule has 1 amide bonds. The predicted octanol–water partition coefficient (Wildman–Crippen LogP) is 1.38. The summed E-state index contributed by atoms with van der Waals surface area (Å²) in [5.74, 6) is 0.458. The van der Waals surface area contributed by atoms with E-state index in [0.717, 1.165) is 31.1 Å². The number of nitrogens with one attached hydrogen (secondary N) is 1. The fraction of sp³-hybridized carbons (Fsp3) is 0.476. The number of carbonyl (C=O) groups excluding carboxylic acids is 1. The lowest BCUT2D eigenvalue weighted by molar-refractivity contribution is -0.134. The van der Waals surface area contributed by atoms with Gasteiger partial charge in [0.05, 0.1) is 31.0 Å². The Balaban J connectivity index is 1.62. The van der Waals surface area contributed by atoms with Gasteiger partial charge in [0.2, 0.25) is 15.9 Å². The molecule has 2 aliphatic heterocycles. The van der Waals surface area contributed by atoms with Gasteiger partial charge in [-0.25, -0.2) is 13.4 Å². The largest absolute Gasteiger partial charge is 0.332 e. The number of carbonyl (C=O) groups is 1. The molecule has 1 fully saturated rings. The standard InChI is InChI=1S/C21H26N4O4S/c1-30(28,29)24-12-10-16-17(14-24)22-20(23-21(16)27)18-9-5-6-11-25(18)19(26)13-15-7-3-2-4-8-15/h2-4,7-8,18H,5-6,9-14H2,1H3,(H,22,23,27)/t18-/m0/s1. The summed E-state index contributed by atoms with van der Waals surface area (Å²) in [6.07, 6.45) is 4.38. The van der Waals surface area contributed by atoms with Gasteiger partial charge in [-0.1, -0.05) is 30.3 Å². The van der Waals surface area contributed by atoms with Gasteiger partial charge in [-0.3, -0.25) is 9.59 Å². The van der Waals surface area contributed by atoms with Crippen LogP contribution >= 0.6 is 0 Å². The Morgan fingerprint density at radius 3 is 2.70 bits per heavy atom. The molecule has 1 N–H and O–H groups in total. The fourth-order valence-electron chi connectivity index (χ4n) is 4.26. The van der Waals surface area contributed by atoms with Gasteiger partial charge in [0, 0.05) is 18.7 Å². The SMILES string of the molecule is CS(=O)(=O)N1CCc2c(nc([C@@H]3CCCCN3C(=O)Cc3ccccc3)[nH]c2=O)C1. The average molecular weight is 431 g/mol. The Bertz CT molecular complexity index is 1100. The van der Waals surface area contributed by atoms with Crippen molar-refractivity contribution < 1.29 is 13.2 Å². The van der Waals surface area contributed by atoms with Crippen molar-refractivity contribution >= 4 is 15.9 Å². The molecule has 1 saturated heterocycles. The predicted molar refractivity (Wildman–Crippen MR) is 112 cm³/mol. The van der Waals surface area contributed by atoms with E-state index in [1.807, 2.05) is 30.3 Å². The number of amides is 1. The number of sulfonamides is 1. The average Bonchev–Trinajstić information content (AvgIpc) is 2.73. The maximum atomic E-state index is 13.0. The van der Waals surface area contributed by atoms with Crippen molar-refractivity contribution in [1.29, 1.82) is 0 Å². The molecule has 1 atom stereocenters. The molecular weight excluding hydrogens is 404 g/mol. The van der Waals surface area contributed by atoms with Gasteiger partial charge in [0.15, 0.2) is 0 Å².